The first-order valence-electron chi connectivity index (χ1n) is 12.7. The Morgan fingerprint density at radius 1 is 0.737 bits per heavy atom. The van der Waals surface area contributed by atoms with Crippen LogP contribution in [0.5, 0.6) is 0 Å². The van der Waals surface area contributed by atoms with Gasteiger partial charge in [0.05, 0.1) is 18.6 Å². The van der Waals surface area contributed by atoms with E-state index >= 15 is 0 Å². The molecule has 2 atom stereocenters. The van der Waals surface area contributed by atoms with Crippen LogP contribution in [0.15, 0.2) is 109 Å². The van der Waals surface area contributed by atoms with Crippen molar-refractivity contribution in [2.45, 2.75) is 24.9 Å². The van der Waals surface area contributed by atoms with Gasteiger partial charge in [-0.05, 0) is 41.2 Å². The molecule has 1 N–H and O–H groups in total. The van der Waals surface area contributed by atoms with E-state index in [9.17, 15) is 14.4 Å². The first kappa shape index (κ1) is 25.3. The normalized spacial score (nSPS) is 14.6. The van der Waals surface area contributed by atoms with Gasteiger partial charge in [0.2, 0.25) is 0 Å². The number of carbonyl (C=O) groups is 3. The largest absolute Gasteiger partial charge is 0.468 e. The highest BCUT2D eigenvalue weighted by Crippen LogP contribution is 2.51. The summed E-state index contributed by atoms with van der Waals surface area (Å²) in [6.45, 7) is 1.40. The summed E-state index contributed by atoms with van der Waals surface area (Å²) in [5.74, 6) is -2.15. The van der Waals surface area contributed by atoms with Gasteiger partial charge in [-0.25, -0.2) is 0 Å². The number of ketones is 2. The molecule has 0 bridgehead atoms. The summed E-state index contributed by atoms with van der Waals surface area (Å²) < 4.78 is 5.22. The molecular weight excluding hydrogens is 474 g/mol. The van der Waals surface area contributed by atoms with E-state index in [0.717, 1.165) is 27.8 Å². The van der Waals surface area contributed by atoms with Gasteiger partial charge in [0.15, 0.2) is 5.78 Å². The molecule has 0 fully saturated rings. The molecule has 0 saturated carbocycles. The van der Waals surface area contributed by atoms with Gasteiger partial charge in [-0.3, -0.25) is 19.7 Å². The standard InChI is InChI=1S/C33H29NO4/c1-22(35)27(31(36)23-13-5-3-6-14-23)21-30(32(37)38-2)34-33(24-15-7-4-8-16-24)28-19-11-9-17-25(28)26-18-10-12-20-29(26)33/h3-20,27,30,34H,21H2,1-2H3/t27?,30-/m0/s1. The summed E-state index contributed by atoms with van der Waals surface area (Å²) in [6.07, 6.45) is -0.0331. The number of esters is 1. The highest BCUT2D eigenvalue weighted by molar-refractivity contribution is 6.10. The number of fused-ring (bicyclic) bond motifs is 3. The Hall–Kier alpha value is -4.35. The van der Waals surface area contributed by atoms with Crippen LogP contribution in [0, 0.1) is 5.92 Å². The highest BCUT2D eigenvalue weighted by Gasteiger charge is 2.47. The van der Waals surface area contributed by atoms with E-state index in [1.54, 1.807) is 24.3 Å². The second-order valence-corrected chi connectivity index (χ2v) is 9.56. The van der Waals surface area contributed by atoms with Gasteiger partial charge in [0.1, 0.15) is 11.8 Å². The molecule has 0 amide bonds. The second kappa shape index (κ2) is 10.6. The number of carbonyl (C=O) groups excluding carboxylic acids is 3. The maximum absolute atomic E-state index is 13.4. The van der Waals surface area contributed by atoms with Crippen molar-refractivity contribution in [1.29, 1.82) is 0 Å². The fourth-order valence-corrected chi connectivity index (χ4v) is 5.59. The van der Waals surface area contributed by atoms with Crippen molar-refractivity contribution >= 4 is 17.5 Å². The Labute approximate surface area is 222 Å². The lowest BCUT2D eigenvalue weighted by Crippen LogP contribution is -2.53. The van der Waals surface area contributed by atoms with Gasteiger partial charge >= 0.3 is 5.97 Å². The summed E-state index contributed by atoms with van der Waals surface area (Å²) in [4.78, 5) is 39.5. The molecule has 1 aliphatic carbocycles. The molecule has 0 spiro atoms. The van der Waals surface area contributed by atoms with Gasteiger partial charge in [-0.1, -0.05) is 109 Å². The number of hydrogen-bond donors (Lipinski definition) is 1. The topological polar surface area (TPSA) is 72.5 Å². The second-order valence-electron chi connectivity index (χ2n) is 9.56. The van der Waals surface area contributed by atoms with E-state index in [1.165, 1.54) is 14.0 Å². The lowest BCUT2D eigenvalue weighted by Gasteiger charge is -2.37. The summed E-state index contributed by atoms with van der Waals surface area (Å²) in [5.41, 5.74) is 4.60. The predicted molar refractivity (Wildman–Crippen MR) is 147 cm³/mol. The Kier molecular flexibility index (Phi) is 7.03. The average Bonchev–Trinajstić information content (AvgIpc) is 3.25. The smallest absolute Gasteiger partial charge is 0.322 e. The lowest BCUT2D eigenvalue weighted by atomic mass is 9.79. The van der Waals surface area contributed by atoms with Gasteiger partial charge in [-0.15, -0.1) is 0 Å². The van der Waals surface area contributed by atoms with Crippen molar-refractivity contribution in [3.05, 3.63) is 131 Å². The third-order valence-corrected chi connectivity index (χ3v) is 7.37. The molecule has 0 aliphatic heterocycles. The molecule has 0 radical (unpaired) electrons. The van der Waals surface area contributed by atoms with Crippen molar-refractivity contribution < 1.29 is 19.1 Å². The van der Waals surface area contributed by atoms with Crippen molar-refractivity contribution in [2.24, 2.45) is 5.92 Å². The van der Waals surface area contributed by atoms with Crippen molar-refractivity contribution in [3.63, 3.8) is 0 Å². The van der Waals surface area contributed by atoms with Gasteiger partial charge < -0.3 is 4.74 Å². The fraction of sp³-hybridized carbons (Fsp3) is 0.182. The van der Waals surface area contributed by atoms with Crippen LogP contribution < -0.4 is 5.32 Å². The molecule has 5 heteroatoms. The summed E-state index contributed by atoms with van der Waals surface area (Å²) >= 11 is 0. The van der Waals surface area contributed by atoms with Crippen LogP contribution in [0.25, 0.3) is 11.1 Å². The third kappa shape index (κ3) is 4.35. The molecule has 0 aromatic heterocycles. The first-order valence-corrected chi connectivity index (χ1v) is 12.7. The van der Waals surface area contributed by atoms with Gasteiger partial charge in [-0.2, -0.15) is 0 Å². The molecule has 0 heterocycles. The number of benzene rings is 4. The molecular formula is C33H29NO4. The van der Waals surface area contributed by atoms with Gasteiger partial charge in [0, 0.05) is 5.56 Å². The van der Waals surface area contributed by atoms with E-state index < -0.39 is 23.5 Å². The number of hydrogen-bond acceptors (Lipinski definition) is 5. The van der Waals surface area contributed by atoms with Crippen molar-refractivity contribution in [2.75, 3.05) is 7.11 Å². The number of methoxy groups -OCH3 is 1. The Morgan fingerprint density at radius 3 is 1.76 bits per heavy atom. The summed E-state index contributed by atoms with van der Waals surface area (Å²) in [7, 11) is 1.32. The van der Waals surface area contributed by atoms with E-state index in [-0.39, 0.29) is 18.0 Å². The van der Waals surface area contributed by atoms with Gasteiger partial charge in [0.25, 0.3) is 0 Å². The predicted octanol–water partition coefficient (Wildman–Crippen LogP) is 5.57. The van der Waals surface area contributed by atoms with E-state index in [4.69, 9.17) is 4.74 Å². The van der Waals surface area contributed by atoms with E-state index in [0.29, 0.717) is 5.56 Å². The van der Waals surface area contributed by atoms with Crippen LogP contribution in [-0.2, 0) is 19.9 Å². The minimum Gasteiger partial charge on any atom is -0.468 e. The Balaban J connectivity index is 1.65. The SMILES string of the molecule is COC(=O)[C@H](CC(C(C)=O)C(=O)c1ccccc1)NC1(c2ccccc2)c2ccccc2-c2ccccc21. The van der Waals surface area contributed by atoms with E-state index in [1.807, 2.05) is 60.7 Å². The van der Waals surface area contributed by atoms with Crippen LogP contribution >= 0.6 is 0 Å². The fourth-order valence-electron chi connectivity index (χ4n) is 5.59. The molecule has 38 heavy (non-hydrogen) atoms. The van der Waals surface area contributed by atoms with Crippen molar-refractivity contribution in [1.82, 2.24) is 5.32 Å². The molecule has 1 unspecified atom stereocenters. The quantitative estimate of drug-likeness (QED) is 0.184. The maximum Gasteiger partial charge on any atom is 0.322 e. The zero-order valence-electron chi connectivity index (χ0n) is 21.4. The first-order chi connectivity index (χ1) is 18.5. The minimum absolute atomic E-state index is 0.0331. The van der Waals surface area contributed by atoms with Crippen LogP contribution in [0.2, 0.25) is 0 Å². The van der Waals surface area contributed by atoms with Crippen LogP contribution in [0.1, 0.15) is 40.4 Å². The molecule has 190 valence electrons. The molecule has 4 aromatic carbocycles. The summed E-state index contributed by atoms with van der Waals surface area (Å²) in [5, 5.41) is 3.62. The average molecular weight is 504 g/mol. The Morgan fingerprint density at radius 2 is 1.24 bits per heavy atom. The number of ether oxygens (including phenoxy) is 1. The third-order valence-electron chi connectivity index (χ3n) is 7.37. The highest BCUT2D eigenvalue weighted by atomic mass is 16.5. The zero-order valence-corrected chi connectivity index (χ0v) is 21.4. The maximum atomic E-state index is 13.4. The molecule has 5 nitrogen and oxygen atoms in total. The van der Waals surface area contributed by atoms with Crippen LogP contribution in [0.4, 0.5) is 0 Å². The monoisotopic (exact) mass is 503 g/mol. The number of Topliss-reactive ketones (excluding diaryl/α,β-unsaturated/α-hetero) is 2. The van der Waals surface area contributed by atoms with E-state index in [2.05, 4.69) is 29.6 Å². The number of nitrogens with one attached hydrogen (secondary N) is 1. The summed E-state index contributed by atoms with van der Waals surface area (Å²) in [6, 6.07) is 33.9. The van der Waals surface area contributed by atoms with Crippen LogP contribution in [0.3, 0.4) is 0 Å². The van der Waals surface area contributed by atoms with Crippen molar-refractivity contribution in [3.8, 4) is 11.1 Å². The van der Waals surface area contributed by atoms with Crippen LogP contribution in [-0.4, -0.2) is 30.7 Å². The molecule has 5 rings (SSSR count). The minimum atomic E-state index is -1.01. The molecule has 0 saturated heterocycles. The zero-order chi connectivity index (χ0) is 26.7. The molecule has 4 aromatic rings. The lowest BCUT2D eigenvalue weighted by molar-refractivity contribution is -0.144. The number of rotatable bonds is 9. The molecule has 1 aliphatic rings. The Bertz CT molecular complexity index is 1430.